The summed E-state index contributed by atoms with van der Waals surface area (Å²) in [6, 6.07) is 16.2. The van der Waals surface area contributed by atoms with Gasteiger partial charge in [-0.15, -0.1) is 0 Å². The molecule has 0 radical (unpaired) electrons. The van der Waals surface area contributed by atoms with Gasteiger partial charge in [0.2, 0.25) is 0 Å². The molecule has 3 aromatic rings. The van der Waals surface area contributed by atoms with E-state index in [0.717, 1.165) is 10.5 Å². The van der Waals surface area contributed by atoms with Gasteiger partial charge < -0.3 is 9.47 Å². The van der Waals surface area contributed by atoms with E-state index in [1.165, 1.54) is 13.2 Å². The summed E-state index contributed by atoms with van der Waals surface area (Å²) in [6.45, 7) is 1.96. The zero-order chi connectivity index (χ0) is 25.1. The van der Waals surface area contributed by atoms with Crippen molar-refractivity contribution in [1.82, 2.24) is 5.32 Å². The van der Waals surface area contributed by atoms with E-state index in [1.807, 2.05) is 0 Å². The molecule has 0 aromatic heterocycles. The molecule has 3 aromatic carbocycles. The van der Waals surface area contributed by atoms with Crippen molar-refractivity contribution in [3.05, 3.63) is 93.0 Å². The SMILES string of the molecule is COc1cc(/C=C2\C(=O)NC(=O)N(c3ccccc3C)C2=O)ccc1OCc1ccc(Cl)cc1Cl. The highest BCUT2D eigenvalue weighted by molar-refractivity contribution is 6.39. The van der Waals surface area contributed by atoms with E-state index in [9.17, 15) is 14.4 Å². The lowest BCUT2D eigenvalue weighted by atomic mass is 10.1. The van der Waals surface area contributed by atoms with E-state index < -0.39 is 17.8 Å². The van der Waals surface area contributed by atoms with Crippen LogP contribution in [0.2, 0.25) is 10.0 Å². The molecular weight excluding hydrogens is 491 g/mol. The zero-order valence-electron chi connectivity index (χ0n) is 18.8. The molecule has 1 aliphatic heterocycles. The van der Waals surface area contributed by atoms with E-state index in [1.54, 1.807) is 67.6 Å². The number of barbiturate groups is 1. The molecule has 1 N–H and O–H groups in total. The number of amides is 4. The summed E-state index contributed by atoms with van der Waals surface area (Å²) in [5.41, 5.74) is 2.19. The minimum atomic E-state index is -0.798. The van der Waals surface area contributed by atoms with Gasteiger partial charge in [0, 0.05) is 15.6 Å². The second-order valence-electron chi connectivity index (χ2n) is 7.68. The first kappa shape index (κ1) is 24.3. The molecule has 0 unspecified atom stereocenters. The largest absolute Gasteiger partial charge is 0.493 e. The average molecular weight is 511 g/mol. The molecule has 9 heteroatoms. The van der Waals surface area contributed by atoms with Crippen LogP contribution in [0.1, 0.15) is 16.7 Å². The standard InChI is InChI=1S/C26H20Cl2N2O5/c1-15-5-3-4-6-21(15)30-25(32)19(24(31)29-26(30)33)11-16-7-10-22(23(12-16)34-2)35-14-17-8-9-18(27)13-20(17)28/h3-13H,14H2,1-2H3,(H,29,31,33)/b19-11+. The minimum absolute atomic E-state index is 0.182. The minimum Gasteiger partial charge on any atom is -0.493 e. The molecule has 35 heavy (non-hydrogen) atoms. The predicted octanol–water partition coefficient (Wildman–Crippen LogP) is 5.56. The van der Waals surface area contributed by atoms with Gasteiger partial charge in [-0.05, 0) is 54.5 Å². The van der Waals surface area contributed by atoms with Crippen molar-refractivity contribution in [3.63, 3.8) is 0 Å². The van der Waals surface area contributed by atoms with Gasteiger partial charge >= 0.3 is 6.03 Å². The number of carbonyl (C=O) groups excluding carboxylic acids is 3. The number of methoxy groups -OCH3 is 1. The lowest BCUT2D eigenvalue weighted by Gasteiger charge is -2.27. The molecular formula is C26H20Cl2N2O5. The lowest BCUT2D eigenvalue weighted by molar-refractivity contribution is -0.122. The van der Waals surface area contributed by atoms with Crippen LogP contribution in [-0.2, 0) is 16.2 Å². The van der Waals surface area contributed by atoms with Crippen molar-refractivity contribution in [3.8, 4) is 11.5 Å². The van der Waals surface area contributed by atoms with E-state index in [2.05, 4.69) is 5.32 Å². The number of anilines is 1. The Labute approximate surface area is 211 Å². The van der Waals surface area contributed by atoms with E-state index in [0.29, 0.717) is 38.4 Å². The first-order valence-electron chi connectivity index (χ1n) is 10.5. The number of benzene rings is 3. The van der Waals surface area contributed by atoms with E-state index >= 15 is 0 Å². The maximum absolute atomic E-state index is 13.1. The van der Waals surface area contributed by atoms with Crippen LogP contribution in [0.25, 0.3) is 6.08 Å². The summed E-state index contributed by atoms with van der Waals surface area (Å²) >= 11 is 12.1. The normalized spacial score (nSPS) is 14.8. The average Bonchev–Trinajstić information content (AvgIpc) is 2.82. The summed E-state index contributed by atoms with van der Waals surface area (Å²) < 4.78 is 11.3. The molecule has 0 bridgehead atoms. The highest BCUT2D eigenvalue weighted by atomic mass is 35.5. The highest BCUT2D eigenvalue weighted by Gasteiger charge is 2.37. The van der Waals surface area contributed by atoms with Crippen molar-refractivity contribution in [2.45, 2.75) is 13.5 Å². The smallest absolute Gasteiger partial charge is 0.335 e. The molecule has 4 amide bonds. The third-order valence-corrected chi connectivity index (χ3v) is 5.94. The number of hydrogen-bond donors (Lipinski definition) is 1. The topological polar surface area (TPSA) is 84.9 Å². The lowest BCUT2D eigenvalue weighted by Crippen LogP contribution is -2.54. The molecule has 1 aliphatic rings. The van der Waals surface area contributed by atoms with Gasteiger partial charge in [0.15, 0.2) is 11.5 Å². The second-order valence-corrected chi connectivity index (χ2v) is 8.52. The Morgan fingerprint density at radius 3 is 2.46 bits per heavy atom. The van der Waals surface area contributed by atoms with Crippen LogP contribution in [0.4, 0.5) is 10.5 Å². The monoisotopic (exact) mass is 510 g/mol. The van der Waals surface area contributed by atoms with Gasteiger partial charge in [-0.1, -0.05) is 53.5 Å². The third kappa shape index (κ3) is 5.16. The number of para-hydroxylation sites is 1. The Bertz CT molecular complexity index is 1370. The molecule has 178 valence electrons. The Hall–Kier alpha value is -3.81. The van der Waals surface area contributed by atoms with E-state index in [4.69, 9.17) is 32.7 Å². The number of ether oxygens (including phenoxy) is 2. The second kappa shape index (κ2) is 10.2. The van der Waals surface area contributed by atoms with Crippen LogP contribution >= 0.6 is 23.2 Å². The number of aryl methyl sites for hydroxylation is 1. The summed E-state index contributed by atoms with van der Waals surface area (Å²) in [6.07, 6.45) is 1.40. The number of nitrogens with one attached hydrogen (secondary N) is 1. The fourth-order valence-electron chi connectivity index (χ4n) is 3.54. The summed E-state index contributed by atoms with van der Waals surface area (Å²) in [4.78, 5) is 39.0. The fourth-order valence-corrected chi connectivity index (χ4v) is 4.01. The number of nitrogens with zero attached hydrogens (tertiary/aromatic N) is 1. The van der Waals surface area contributed by atoms with E-state index in [-0.39, 0.29) is 12.2 Å². The summed E-state index contributed by atoms with van der Waals surface area (Å²) in [7, 11) is 1.48. The zero-order valence-corrected chi connectivity index (χ0v) is 20.3. The molecule has 1 fully saturated rings. The molecule has 0 spiro atoms. The summed E-state index contributed by atoms with van der Waals surface area (Å²) in [5.74, 6) is -0.664. The van der Waals surface area contributed by atoms with Crippen molar-refractivity contribution in [1.29, 1.82) is 0 Å². The number of rotatable bonds is 6. The quantitative estimate of drug-likeness (QED) is 0.346. The predicted molar refractivity (Wildman–Crippen MR) is 134 cm³/mol. The van der Waals surface area contributed by atoms with Crippen LogP contribution in [0.3, 0.4) is 0 Å². The van der Waals surface area contributed by atoms with Gasteiger partial charge in [0.05, 0.1) is 12.8 Å². The molecule has 0 atom stereocenters. The molecule has 1 saturated heterocycles. The number of imide groups is 2. The van der Waals surface area contributed by atoms with Gasteiger partial charge in [-0.2, -0.15) is 0 Å². The number of hydrogen-bond acceptors (Lipinski definition) is 5. The van der Waals surface area contributed by atoms with Gasteiger partial charge in [-0.3, -0.25) is 14.9 Å². The number of urea groups is 1. The Kier molecular flexibility index (Phi) is 7.10. The van der Waals surface area contributed by atoms with Crippen LogP contribution in [0.15, 0.2) is 66.2 Å². The van der Waals surface area contributed by atoms with Crippen molar-refractivity contribution >= 4 is 52.8 Å². The van der Waals surface area contributed by atoms with Crippen LogP contribution in [0, 0.1) is 6.92 Å². The molecule has 0 aliphatic carbocycles. The number of halogens is 2. The Balaban J connectivity index is 1.60. The van der Waals surface area contributed by atoms with Gasteiger partial charge in [0.25, 0.3) is 11.8 Å². The van der Waals surface area contributed by atoms with Gasteiger partial charge in [0.1, 0.15) is 12.2 Å². The maximum atomic E-state index is 13.1. The van der Waals surface area contributed by atoms with Crippen molar-refractivity contribution in [2.75, 3.05) is 12.0 Å². The third-order valence-electron chi connectivity index (χ3n) is 5.36. The van der Waals surface area contributed by atoms with Crippen molar-refractivity contribution in [2.24, 2.45) is 0 Å². The first-order valence-corrected chi connectivity index (χ1v) is 11.3. The Morgan fingerprint density at radius 2 is 1.74 bits per heavy atom. The molecule has 0 saturated carbocycles. The van der Waals surface area contributed by atoms with Crippen LogP contribution < -0.4 is 19.7 Å². The molecule has 4 rings (SSSR count). The van der Waals surface area contributed by atoms with Crippen molar-refractivity contribution < 1.29 is 23.9 Å². The molecule has 7 nitrogen and oxygen atoms in total. The highest BCUT2D eigenvalue weighted by Crippen LogP contribution is 2.32. The van der Waals surface area contributed by atoms with Crippen LogP contribution in [-0.4, -0.2) is 25.0 Å². The fraction of sp³-hybridized carbons (Fsp3) is 0.115. The van der Waals surface area contributed by atoms with Gasteiger partial charge in [-0.25, -0.2) is 9.69 Å². The number of carbonyl (C=O) groups is 3. The first-order chi connectivity index (χ1) is 16.8. The molecule has 1 heterocycles. The van der Waals surface area contributed by atoms with Crippen LogP contribution in [0.5, 0.6) is 11.5 Å². The Morgan fingerprint density at radius 1 is 0.971 bits per heavy atom. The summed E-state index contributed by atoms with van der Waals surface area (Å²) in [5, 5.41) is 3.23. The maximum Gasteiger partial charge on any atom is 0.335 e.